The average Bonchev–Trinajstić information content (AvgIpc) is 2.59. The highest BCUT2D eigenvalue weighted by molar-refractivity contribution is 7.90. The number of anilines is 1. The van der Waals surface area contributed by atoms with E-state index in [1.54, 1.807) is 18.5 Å². The number of halogens is 1. The van der Waals surface area contributed by atoms with Gasteiger partial charge >= 0.3 is 0 Å². The molecule has 0 aliphatic heterocycles. The van der Waals surface area contributed by atoms with Gasteiger partial charge in [0.1, 0.15) is 12.4 Å². The Bertz CT molecular complexity index is 872. The molecule has 9 heteroatoms. The fraction of sp³-hybridized carbons (Fsp3) is 0.250. The first-order valence-electron chi connectivity index (χ1n) is 7.39. The van der Waals surface area contributed by atoms with Gasteiger partial charge in [-0.25, -0.2) is 14.1 Å². The number of nitrogens with one attached hydrogen (secondary N) is 2. The fourth-order valence-electron chi connectivity index (χ4n) is 2.09. The van der Waals surface area contributed by atoms with Gasteiger partial charge in [0, 0.05) is 25.9 Å². The summed E-state index contributed by atoms with van der Waals surface area (Å²) in [6.07, 6.45) is 6.37. The van der Waals surface area contributed by atoms with Crippen LogP contribution in [0.3, 0.4) is 0 Å². The molecule has 0 saturated carbocycles. The third-order valence-corrected chi connectivity index (χ3v) is 4.48. The average molecular weight is 366 g/mol. The van der Waals surface area contributed by atoms with Crippen LogP contribution in [-0.2, 0) is 16.6 Å². The Balaban J connectivity index is 2.31. The van der Waals surface area contributed by atoms with Gasteiger partial charge in [-0.1, -0.05) is 12.7 Å². The molecule has 0 radical (unpaired) electrons. The zero-order valence-electron chi connectivity index (χ0n) is 13.9. The van der Waals surface area contributed by atoms with Crippen molar-refractivity contribution in [1.82, 2.24) is 14.7 Å². The highest BCUT2D eigenvalue weighted by atomic mass is 32.2. The maximum absolute atomic E-state index is 14.6. The second-order valence-electron chi connectivity index (χ2n) is 5.14. The molecule has 0 aromatic carbocycles. The summed E-state index contributed by atoms with van der Waals surface area (Å²) in [4.78, 5) is 7.84. The van der Waals surface area contributed by atoms with Crippen molar-refractivity contribution in [2.24, 2.45) is 0 Å². The predicted molar refractivity (Wildman–Crippen MR) is 93.3 cm³/mol. The number of aromatic nitrogens is 2. The number of hydrogen-bond acceptors (Lipinski definition) is 5. The first kappa shape index (κ1) is 18.8. The lowest BCUT2D eigenvalue weighted by molar-refractivity contribution is 0.358. The molecule has 0 spiro atoms. The molecule has 0 saturated heterocycles. The van der Waals surface area contributed by atoms with E-state index in [9.17, 15) is 12.8 Å². The smallest absolute Gasteiger partial charge is 0.300 e. The van der Waals surface area contributed by atoms with Crippen molar-refractivity contribution < 1.29 is 17.5 Å². The number of nitrogens with zero attached hydrogens (tertiary/aromatic N) is 2. The Hall–Kier alpha value is -2.52. The van der Waals surface area contributed by atoms with Crippen molar-refractivity contribution in [3.8, 4) is 5.75 Å². The summed E-state index contributed by atoms with van der Waals surface area (Å²) in [5.74, 6) is -0.516. The molecule has 0 aliphatic carbocycles. The Morgan fingerprint density at radius 1 is 1.36 bits per heavy atom. The molecule has 0 fully saturated rings. The summed E-state index contributed by atoms with van der Waals surface area (Å²) in [5, 5.41) is 0. The summed E-state index contributed by atoms with van der Waals surface area (Å²) in [5.41, 5.74) is 1.87. The molecule has 2 aromatic rings. The molecule has 2 aromatic heterocycles. The summed E-state index contributed by atoms with van der Waals surface area (Å²) >= 11 is 0. The van der Waals surface area contributed by atoms with Crippen LogP contribution in [0.2, 0.25) is 0 Å². The standard InChI is InChI=1S/C16H19FN4O3S/c1-4-7-24-14-10-19-9-13(11(14)2)8-12-5-6-20-16(15(12)17)21-25(22,23)18-3/h4-6,9-10,18H,1,7-8H2,2-3H3,(H,20,21). The molecule has 0 bridgehead atoms. The van der Waals surface area contributed by atoms with E-state index in [1.807, 2.05) is 16.4 Å². The van der Waals surface area contributed by atoms with Crippen molar-refractivity contribution in [3.05, 3.63) is 59.8 Å². The molecular weight excluding hydrogens is 347 g/mol. The third-order valence-electron chi connectivity index (χ3n) is 3.48. The minimum atomic E-state index is -3.85. The van der Waals surface area contributed by atoms with Crippen LogP contribution < -0.4 is 14.2 Å². The van der Waals surface area contributed by atoms with Gasteiger partial charge < -0.3 is 4.74 Å². The van der Waals surface area contributed by atoms with Crippen LogP contribution in [0.5, 0.6) is 5.75 Å². The van der Waals surface area contributed by atoms with Gasteiger partial charge in [0.25, 0.3) is 10.2 Å². The van der Waals surface area contributed by atoms with Gasteiger partial charge in [-0.2, -0.15) is 8.42 Å². The molecule has 134 valence electrons. The van der Waals surface area contributed by atoms with Gasteiger partial charge in [0.15, 0.2) is 11.6 Å². The highest BCUT2D eigenvalue weighted by Crippen LogP contribution is 2.24. The van der Waals surface area contributed by atoms with Gasteiger partial charge in [-0.3, -0.25) is 9.71 Å². The van der Waals surface area contributed by atoms with Crippen LogP contribution in [0.15, 0.2) is 37.3 Å². The van der Waals surface area contributed by atoms with E-state index in [0.29, 0.717) is 12.4 Å². The van der Waals surface area contributed by atoms with Gasteiger partial charge in [0.2, 0.25) is 0 Å². The fourth-order valence-corrected chi connectivity index (χ4v) is 2.59. The topological polar surface area (TPSA) is 93.2 Å². The molecule has 2 heterocycles. The van der Waals surface area contributed by atoms with Gasteiger partial charge in [0.05, 0.1) is 6.20 Å². The molecule has 0 unspecified atom stereocenters. The monoisotopic (exact) mass is 366 g/mol. The molecule has 0 amide bonds. The summed E-state index contributed by atoms with van der Waals surface area (Å²) < 4.78 is 47.2. The van der Waals surface area contributed by atoms with Crippen molar-refractivity contribution >= 4 is 16.0 Å². The van der Waals surface area contributed by atoms with Crippen molar-refractivity contribution in [1.29, 1.82) is 0 Å². The number of rotatable bonds is 8. The maximum atomic E-state index is 14.6. The Morgan fingerprint density at radius 2 is 2.12 bits per heavy atom. The Kier molecular flexibility index (Phi) is 6.05. The molecule has 0 atom stereocenters. The lowest BCUT2D eigenvalue weighted by Gasteiger charge is -2.13. The minimum absolute atomic E-state index is 0.215. The summed E-state index contributed by atoms with van der Waals surface area (Å²) in [6.45, 7) is 5.78. The van der Waals surface area contributed by atoms with Crippen molar-refractivity contribution in [2.75, 3.05) is 18.4 Å². The van der Waals surface area contributed by atoms with Crippen LogP contribution >= 0.6 is 0 Å². The van der Waals surface area contributed by atoms with Crippen LogP contribution in [0.25, 0.3) is 0 Å². The third kappa shape index (κ3) is 4.74. The van der Waals surface area contributed by atoms with Gasteiger partial charge in [-0.15, -0.1) is 0 Å². The second kappa shape index (κ2) is 8.04. The van der Waals surface area contributed by atoms with Crippen LogP contribution in [0, 0.1) is 12.7 Å². The number of ether oxygens (including phenoxy) is 1. The molecular formula is C16H19FN4O3S. The van der Waals surface area contributed by atoms with Crippen molar-refractivity contribution in [2.45, 2.75) is 13.3 Å². The lowest BCUT2D eigenvalue weighted by Crippen LogP contribution is -2.27. The number of pyridine rings is 2. The molecule has 25 heavy (non-hydrogen) atoms. The van der Waals surface area contributed by atoms with E-state index in [-0.39, 0.29) is 17.8 Å². The largest absolute Gasteiger partial charge is 0.488 e. The lowest BCUT2D eigenvalue weighted by atomic mass is 10.0. The number of hydrogen-bond donors (Lipinski definition) is 2. The van der Waals surface area contributed by atoms with E-state index in [2.05, 4.69) is 16.5 Å². The van der Waals surface area contributed by atoms with Crippen LogP contribution in [0.1, 0.15) is 16.7 Å². The quantitative estimate of drug-likeness (QED) is 0.697. The first-order valence-corrected chi connectivity index (χ1v) is 8.88. The molecule has 2 N–H and O–H groups in total. The van der Waals surface area contributed by atoms with Crippen LogP contribution in [0.4, 0.5) is 10.2 Å². The Morgan fingerprint density at radius 3 is 2.80 bits per heavy atom. The predicted octanol–water partition coefficient (Wildman–Crippen LogP) is 1.96. The van der Waals surface area contributed by atoms with E-state index < -0.39 is 16.0 Å². The Labute approximate surface area is 146 Å². The normalized spacial score (nSPS) is 11.2. The maximum Gasteiger partial charge on any atom is 0.300 e. The van der Waals surface area contributed by atoms with E-state index >= 15 is 0 Å². The highest BCUT2D eigenvalue weighted by Gasteiger charge is 2.16. The zero-order chi connectivity index (χ0) is 18.4. The molecule has 0 aliphatic rings. The summed E-state index contributed by atoms with van der Waals surface area (Å²) in [6, 6.07) is 1.49. The molecule has 2 rings (SSSR count). The second-order valence-corrected chi connectivity index (χ2v) is 6.76. The van der Waals surface area contributed by atoms with Crippen molar-refractivity contribution in [3.63, 3.8) is 0 Å². The van der Waals surface area contributed by atoms with E-state index in [4.69, 9.17) is 4.74 Å². The van der Waals surface area contributed by atoms with E-state index in [0.717, 1.165) is 11.1 Å². The molecule has 7 nitrogen and oxygen atoms in total. The minimum Gasteiger partial charge on any atom is -0.488 e. The first-order chi connectivity index (χ1) is 11.9. The van der Waals surface area contributed by atoms with E-state index in [1.165, 1.54) is 19.3 Å². The summed E-state index contributed by atoms with van der Waals surface area (Å²) in [7, 11) is -2.64. The SMILES string of the molecule is C=CCOc1cncc(Cc2ccnc(NS(=O)(=O)NC)c2F)c1C. The van der Waals surface area contributed by atoms with Crippen LogP contribution in [-0.4, -0.2) is 32.0 Å². The zero-order valence-corrected chi connectivity index (χ0v) is 14.7. The van der Waals surface area contributed by atoms with Gasteiger partial charge in [-0.05, 0) is 29.7 Å².